The standard InChI is InChI=1S/C29H36N6O5S/c1-28(2,3)39-26(37)33-20-10-9-19(23-8-7-15-41-23)16-21(20)32-25(36)22-17-31-24(18-30-22)34-11-13-35(14-12-34)27(38)40-29(4,5)6/h7-10,15-18H,11-14H2,1-6H3,(H,32,36)(H,33,37). The lowest BCUT2D eigenvalue weighted by Crippen LogP contribution is -2.50. The lowest BCUT2D eigenvalue weighted by Gasteiger charge is -2.36. The van der Waals surface area contributed by atoms with Crippen molar-refractivity contribution in [2.24, 2.45) is 0 Å². The molecule has 0 saturated carbocycles. The molecule has 1 fully saturated rings. The third-order valence-electron chi connectivity index (χ3n) is 5.84. The minimum absolute atomic E-state index is 0.117. The maximum Gasteiger partial charge on any atom is 0.412 e. The quantitative estimate of drug-likeness (QED) is 0.384. The summed E-state index contributed by atoms with van der Waals surface area (Å²) < 4.78 is 10.8. The van der Waals surface area contributed by atoms with Crippen LogP contribution in [0.3, 0.4) is 0 Å². The first-order chi connectivity index (χ1) is 19.3. The summed E-state index contributed by atoms with van der Waals surface area (Å²) in [7, 11) is 0. The van der Waals surface area contributed by atoms with Gasteiger partial charge in [-0.05, 0) is 70.7 Å². The zero-order valence-corrected chi connectivity index (χ0v) is 25.0. The topological polar surface area (TPSA) is 126 Å². The first-order valence-corrected chi connectivity index (χ1v) is 14.2. The molecule has 11 nitrogen and oxygen atoms in total. The molecule has 3 amide bonds. The molecule has 1 aliphatic heterocycles. The van der Waals surface area contributed by atoms with Gasteiger partial charge in [0.1, 0.15) is 22.7 Å². The van der Waals surface area contributed by atoms with Gasteiger partial charge in [-0.2, -0.15) is 0 Å². The average Bonchev–Trinajstić information content (AvgIpc) is 3.43. The molecule has 0 radical (unpaired) electrons. The summed E-state index contributed by atoms with van der Waals surface area (Å²) in [6.07, 6.45) is 1.99. The molecule has 0 aliphatic carbocycles. The van der Waals surface area contributed by atoms with Crippen molar-refractivity contribution in [3.05, 3.63) is 53.8 Å². The first-order valence-electron chi connectivity index (χ1n) is 13.3. The van der Waals surface area contributed by atoms with E-state index in [-0.39, 0.29) is 11.8 Å². The van der Waals surface area contributed by atoms with E-state index in [1.165, 1.54) is 6.20 Å². The van der Waals surface area contributed by atoms with E-state index in [9.17, 15) is 14.4 Å². The van der Waals surface area contributed by atoms with Gasteiger partial charge in [-0.3, -0.25) is 10.1 Å². The first kappa shape index (κ1) is 29.8. The number of hydrogen-bond acceptors (Lipinski definition) is 9. The summed E-state index contributed by atoms with van der Waals surface area (Å²) in [6, 6.07) is 9.30. The highest BCUT2D eigenvalue weighted by Crippen LogP contribution is 2.32. The van der Waals surface area contributed by atoms with Crippen LogP contribution in [-0.4, -0.2) is 70.3 Å². The molecule has 0 bridgehead atoms. The molecule has 3 aromatic rings. The molecular formula is C29H36N6O5S. The van der Waals surface area contributed by atoms with Crippen LogP contribution >= 0.6 is 11.3 Å². The summed E-state index contributed by atoms with van der Waals surface area (Å²) >= 11 is 1.57. The van der Waals surface area contributed by atoms with Crippen LogP contribution in [-0.2, 0) is 9.47 Å². The van der Waals surface area contributed by atoms with E-state index >= 15 is 0 Å². The third-order valence-corrected chi connectivity index (χ3v) is 6.75. The monoisotopic (exact) mass is 580 g/mol. The van der Waals surface area contributed by atoms with E-state index in [0.717, 1.165) is 10.4 Å². The number of piperazine rings is 1. The number of benzene rings is 1. The van der Waals surface area contributed by atoms with E-state index < -0.39 is 23.2 Å². The van der Waals surface area contributed by atoms with Gasteiger partial charge in [-0.25, -0.2) is 19.6 Å². The number of carbonyl (C=O) groups is 3. The highest BCUT2D eigenvalue weighted by molar-refractivity contribution is 7.13. The largest absolute Gasteiger partial charge is 0.444 e. The number of rotatable bonds is 5. The Hall–Kier alpha value is -4.19. The van der Waals surface area contributed by atoms with Crippen molar-refractivity contribution in [3.63, 3.8) is 0 Å². The van der Waals surface area contributed by atoms with Crippen molar-refractivity contribution in [1.29, 1.82) is 0 Å². The SMILES string of the molecule is CC(C)(C)OC(=O)Nc1ccc(-c2cccs2)cc1NC(=O)c1cnc(N2CCN(C(=O)OC(C)(C)C)CC2)cn1. The molecule has 3 heterocycles. The van der Waals surface area contributed by atoms with Crippen molar-refractivity contribution < 1.29 is 23.9 Å². The van der Waals surface area contributed by atoms with Crippen molar-refractivity contribution in [2.75, 3.05) is 41.7 Å². The minimum Gasteiger partial charge on any atom is -0.444 e. The average molecular weight is 581 g/mol. The second-order valence-electron chi connectivity index (χ2n) is 11.5. The number of nitrogens with zero attached hydrogens (tertiary/aromatic N) is 4. The van der Waals surface area contributed by atoms with Gasteiger partial charge in [0.05, 0.1) is 23.8 Å². The van der Waals surface area contributed by atoms with E-state index in [2.05, 4.69) is 20.6 Å². The van der Waals surface area contributed by atoms with Crippen LogP contribution < -0.4 is 15.5 Å². The fraction of sp³-hybridized carbons (Fsp3) is 0.414. The fourth-order valence-corrected chi connectivity index (χ4v) is 4.72. The van der Waals surface area contributed by atoms with Gasteiger partial charge in [0.25, 0.3) is 5.91 Å². The second kappa shape index (κ2) is 12.1. The van der Waals surface area contributed by atoms with Crippen molar-refractivity contribution in [2.45, 2.75) is 52.7 Å². The maximum absolute atomic E-state index is 13.2. The number of ether oxygens (including phenoxy) is 2. The van der Waals surface area contributed by atoms with Gasteiger partial charge in [-0.15, -0.1) is 11.3 Å². The van der Waals surface area contributed by atoms with Crippen LogP contribution in [0.2, 0.25) is 0 Å². The van der Waals surface area contributed by atoms with Crippen LogP contribution in [0.5, 0.6) is 0 Å². The number of aromatic nitrogens is 2. The van der Waals surface area contributed by atoms with Crippen molar-refractivity contribution >= 4 is 46.6 Å². The summed E-state index contributed by atoms with van der Waals surface area (Å²) in [5.41, 5.74) is 0.567. The number of carbonyl (C=O) groups excluding carboxylic acids is 3. The molecular weight excluding hydrogens is 544 g/mol. The smallest absolute Gasteiger partial charge is 0.412 e. The van der Waals surface area contributed by atoms with Crippen molar-refractivity contribution in [3.8, 4) is 10.4 Å². The molecule has 0 spiro atoms. The van der Waals surface area contributed by atoms with Crippen LogP contribution in [0.1, 0.15) is 52.0 Å². The van der Waals surface area contributed by atoms with Gasteiger partial charge < -0.3 is 24.6 Å². The van der Waals surface area contributed by atoms with Crippen molar-refractivity contribution in [1.82, 2.24) is 14.9 Å². The number of hydrogen-bond donors (Lipinski definition) is 2. The fourth-order valence-electron chi connectivity index (χ4n) is 4.00. The molecule has 1 saturated heterocycles. The summed E-state index contributed by atoms with van der Waals surface area (Å²) in [4.78, 5) is 51.4. The van der Waals surface area contributed by atoms with Crippen LogP contribution in [0.15, 0.2) is 48.1 Å². The lowest BCUT2D eigenvalue weighted by molar-refractivity contribution is 0.0240. The molecule has 218 valence electrons. The van der Waals surface area contributed by atoms with Gasteiger partial charge >= 0.3 is 12.2 Å². The Morgan fingerprint density at radius 3 is 2.15 bits per heavy atom. The van der Waals surface area contributed by atoms with E-state index in [1.54, 1.807) is 55.3 Å². The zero-order valence-electron chi connectivity index (χ0n) is 24.2. The molecule has 2 aromatic heterocycles. The molecule has 12 heteroatoms. The van der Waals surface area contributed by atoms with Gasteiger partial charge in [0.15, 0.2) is 0 Å². The maximum atomic E-state index is 13.2. The zero-order chi connectivity index (χ0) is 29.8. The summed E-state index contributed by atoms with van der Waals surface area (Å²) in [5, 5.41) is 7.54. The van der Waals surface area contributed by atoms with Crippen LogP contribution in [0, 0.1) is 0 Å². The van der Waals surface area contributed by atoms with E-state index in [4.69, 9.17) is 9.47 Å². The van der Waals surface area contributed by atoms with Crippen LogP contribution in [0.25, 0.3) is 10.4 Å². The normalized spacial score (nSPS) is 13.9. The highest BCUT2D eigenvalue weighted by Gasteiger charge is 2.27. The Morgan fingerprint density at radius 1 is 0.854 bits per heavy atom. The number of anilines is 3. The van der Waals surface area contributed by atoms with Gasteiger partial charge in [0.2, 0.25) is 0 Å². The number of thiophene rings is 1. The van der Waals surface area contributed by atoms with E-state index in [0.29, 0.717) is 43.4 Å². The predicted octanol–water partition coefficient (Wildman–Crippen LogP) is 5.86. The Bertz CT molecular complexity index is 1370. The summed E-state index contributed by atoms with van der Waals surface area (Å²) in [6.45, 7) is 13.0. The van der Waals surface area contributed by atoms with Gasteiger partial charge in [0, 0.05) is 31.1 Å². The Balaban J connectivity index is 1.44. The molecule has 0 atom stereocenters. The Labute approximate surface area is 243 Å². The summed E-state index contributed by atoms with van der Waals surface area (Å²) in [5.74, 6) is 0.131. The highest BCUT2D eigenvalue weighted by atomic mass is 32.1. The predicted molar refractivity (Wildman–Crippen MR) is 160 cm³/mol. The second-order valence-corrected chi connectivity index (χ2v) is 12.5. The van der Waals surface area contributed by atoms with E-state index in [1.807, 2.05) is 49.3 Å². The lowest BCUT2D eigenvalue weighted by atomic mass is 10.1. The molecule has 1 aromatic carbocycles. The third kappa shape index (κ3) is 8.40. The molecule has 4 rings (SSSR count). The number of amides is 3. The molecule has 0 unspecified atom stereocenters. The van der Waals surface area contributed by atoms with Gasteiger partial charge in [-0.1, -0.05) is 12.1 Å². The molecule has 1 aliphatic rings. The Morgan fingerprint density at radius 2 is 1.56 bits per heavy atom. The minimum atomic E-state index is -0.676. The van der Waals surface area contributed by atoms with Crippen LogP contribution in [0.4, 0.5) is 26.8 Å². The Kier molecular flexibility index (Phi) is 8.81. The molecule has 41 heavy (non-hydrogen) atoms. The molecule has 2 N–H and O–H groups in total. The number of nitrogens with one attached hydrogen (secondary N) is 2.